The molecule has 1 aliphatic heterocycles. The van der Waals surface area contributed by atoms with Gasteiger partial charge in [-0.2, -0.15) is 18.3 Å². The highest BCUT2D eigenvalue weighted by molar-refractivity contribution is 6.36. The number of nitrogens with one attached hydrogen (secondary N) is 1. The Morgan fingerprint density at radius 2 is 2.05 bits per heavy atom. The smallest absolute Gasteiger partial charge is 0.380 e. The molecular formula is C21H17Cl2F3N8O3. The molecule has 194 valence electrons. The largest absolute Gasteiger partial charge is 0.408 e. The number of amides is 1. The third-order valence-corrected chi connectivity index (χ3v) is 6.42. The second-order valence-electron chi connectivity index (χ2n) is 8.33. The molecule has 0 aliphatic carbocycles. The molecule has 1 aromatic carbocycles. The number of pyridine rings is 1. The Balaban J connectivity index is 1.29. The summed E-state index contributed by atoms with van der Waals surface area (Å²) in [7, 11) is 0. The summed E-state index contributed by atoms with van der Waals surface area (Å²) < 4.78 is 44.3. The van der Waals surface area contributed by atoms with E-state index in [2.05, 4.69) is 20.6 Å². The molecule has 1 aliphatic rings. The van der Waals surface area contributed by atoms with Gasteiger partial charge >= 0.3 is 11.9 Å². The average molecular weight is 557 g/mol. The van der Waals surface area contributed by atoms with Crippen molar-refractivity contribution in [2.24, 2.45) is 0 Å². The first-order valence-electron chi connectivity index (χ1n) is 10.8. The fraction of sp³-hybridized carbons (Fsp3) is 0.286. The number of carbonyl (C=O) groups excluding carboxylic acids is 1. The Hall–Kier alpha value is -3.78. The fourth-order valence-corrected chi connectivity index (χ4v) is 4.61. The van der Waals surface area contributed by atoms with Gasteiger partial charge in [-0.15, -0.1) is 0 Å². The molecule has 1 atom stereocenters. The van der Waals surface area contributed by atoms with Gasteiger partial charge in [-0.3, -0.25) is 4.79 Å². The molecule has 3 N–H and O–H groups in total. The lowest BCUT2D eigenvalue weighted by molar-refractivity contribution is -0.143. The van der Waals surface area contributed by atoms with Crippen molar-refractivity contribution in [1.29, 1.82) is 0 Å². The van der Waals surface area contributed by atoms with Crippen LogP contribution in [0, 0.1) is 0 Å². The minimum atomic E-state index is -4.60. The van der Waals surface area contributed by atoms with Gasteiger partial charge in [0, 0.05) is 25.3 Å². The van der Waals surface area contributed by atoms with E-state index < -0.39 is 24.3 Å². The molecule has 37 heavy (non-hydrogen) atoms. The number of halogens is 5. The van der Waals surface area contributed by atoms with E-state index in [1.54, 1.807) is 0 Å². The molecule has 1 amide bonds. The van der Waals surface area contributed by atoms with E-state index in [0.717, 1.165) is 10.9 Å². The zero-order valence-electron chi connectivity index (χ0n) is 18.7. The first-order valence-corrected chi connectivity index (χ1v) is 11.5. The van der Waals surface area contributed by atoms with E-state index in [1.807, 2.05) is 4.90 Å². The number of anilines is 2. The van der Waals surface area contributed by atoms with E-state index in [-0.39, 0.29) is 32.8 Å². The lowest BCUT2D eigenvalue weighted by Gasteiger charge is -2.18. The topological polar surface area (TPSA) is 137 Å². The number of alkyl halides is 3. The number of hydrogen-bond donors (Lipinski definition) is 2. The molecule has 4 aromatic rings. The number of fused-ring (bicyclic) bond motifs is 1. The quantitative estimate of drug-likeness (QED) is 0.382. The SMILES string of the molecule is Nc1noc2c(N3CC[C@@H](NC(=O)c4ccc(-n5cnn(CC(F)(F)F)c5=O)cc4Cl)C3)ncc(Cl)c12. The van der Waals surface area contributed by atoms with Gasteiger partial charge in [0.1, 0.15) is 12.9 Å². The number of nitrogens with two attached hydrogens (primary N) is 1. The van der Waals surface area contributed by atoms with Crippen LogP contribution in [0.25, 0.3) is 16.7 Å². The number of rotatable bonds is 5. The maximum Gasteiger partial charge on any atom is 0.408 e. The molecule has 0 bridgehead atoms. The van der Waals surface area contributed by atoms with Crippen molar-refractivity contribution in [3.05, 3.63) is 56.8 Å². The van der Waals surface area contributed by atoms with Crippen LogP contribution in [-0.2, 0) is 6.54 Å². The lowest BCUT2D eigenvalue weighted by Crippen LogP contribution is -2.37. The van der Waals surface area contributed by atoms with Gasteiger partial charge in [0.2, 0.25) is 5.58 Å². The summed E-state index contributed by atoms with van der Waals surface area (Å²) in [6.45, 7) is -0.543. The van der Waals surface area contributed by atoms with Gasteiger partial charge in [-0.1, -0.05) is 28.4 Å². The standard InChI is InChI=1S/C21H17Cl2F3N8O3/c22-13-5-11(33-9-29-34(20(33)36)8-21(24,25)26)1-2-12(13)19(35)30-10-3-4-32(7-10)18-16-15(14(23)6-28-18)17(27)31-37-16/h1-2,5-6,9-10H,3-4,7-8H2,(H2,27,31)(H,30,35)/t10-/m1/s1. The number of nitrogen functional groups attached to an aromatic ring is 1. The van der Waals surface area contributed by atoms with Crippen LogP contribution in [0.1, 0.15) is 16.8 Å². The van der Waals surface area contributed by atoms with Crippen LogP contribution < -0.4 is 21.6 Å². The van der Waals surface area contributed by atoms with Crippen LogP contribution in [0.15, 0.2) is 40.0 Å². The van der Waals surface area contributed by atoms with Crippen molar-refractivity contribution in [2.75, 3.05) is 23.7 Å². The van der Waals surface area contributed by atoms with E-state index in [0.29, 0.717) is 41.3 Å². The average Bonchev–Trinajstić information content (AvgIpc) is 3.53. The van der Waals surface area contributed by atoms with E-state index in [9.17, 15) is 22.8 Å². The molecule has 0 spiro atoms. The molecule has 0 unspecified atom stereocenters. The summed E-state index contributed by atoms with van der Waals surface area (Å²) in [6.07, 6.45) is -1.59. The Labute approximate surface area is 215 Å². The van der Waals surface area contributed by atoms with Crippen LogP contribution in [0.2, 0.25) is 10.0 Å². The van der Waals surface area contributed by atoms with E-state index in [4.69, 9.17) is 33.5 Å². The molecule has 0 saturated carbocycles. The van der Waals surface area contributed by atoms with Crippen LogP contribution in [0.3, 0.4) is 0 Å². The van der Waals surface area contributed by atoms with Gasteiger partial charge in [0.15, 0.2) is 11.6 Å². The second kappa shape index (κ2) is 9.27. The number of benzene rings is 1. The van der Waals surface area contributed by atoms with E-state index in [1.165, 1.54) is 24.4 Å². The summed E-state index contributed by atoms with van der Waals surface area (Å²) in [5.41, 5.74) is 5.48. The van der Waals surface area contributed by atoms with Gasteiger partial charge in [0.05, 0.1) is 26.7 Å². The molecule has 4 heterocycles. The van der Waals surface area contributed by atoms with Crippen molar-refractivity contribution in [3.8, 4) is 5.69 Å². The predicted octanol–water partition coefficient (Wildman–Crippen LogP) is 3.03. The first kappa shape index (κ1) is 24.9. The second-order valence-corrected chi connectivity index (χ2v) is 9.14. The summed E-state index contributed by atoms with van der Waals surface area (Å²) in [5.74, 6) is 0.196. The minimum absolute atomic E-state index is 0.0125. The molecule has 3 aromatic heterocycles. The monoisotopic (exact) mass is 556 g/mol. The Morgan fingerprint density at radius 3 is 2.78 bits per heavy atom. The number of nitrogens with zero attached hydrogens (tertiary/aromatic N) is 6. The minimum Gasteiger partial charge on any atom is -0.380 e. The van der Waals surface area contributed by atoms with Crippen LogP contribution in [0.4, 0.5) is 24.8 Å². The summed E-state index contributed by atoms with van der Waals surface area (Å²) >= 11 is 12.4. The highest BCUT2D eigenvalue weighted by atomic mass is 35.5. The van der Waals surface area contributed by atoms with Gasteiger partial charge in [0.25, 0.3) is 5.91 Å². The summed E-state index contributed by atoms with van der Waals surface area (Å²) in [6, 6.07) is 3.83. The Morgan fingerprint density at radius 1 is 1.27 bits per heavy atom. The predicted molar refractivity (Wildman–Crippen MR) is 128 cm³/mol. The first-order chi connectivity index (χ1) is 17.5. The molecule has 1 saturated heterocycles. The molecule has 0 radical (unpaired) electrons. The number of aromatic nitrogens is 5. The molecule has 11 nitrogen and oxygen atoms in total. The van der Waals surface area contributed by atoms with Gasteiger partial charge < -0.3 is 20.5 Å². The Bertz CT molecular complexity index is 1560. The summed E-state index contributed by atoms with van der Waals surface area (Å²) in [5, 5.41) is 10.9. The van der Waals surface area contributed by atoms with Crippen molar-refractivity contribution in [3.63, 3.8) is 0 Å². The molecule has 1 fully saturated rings. The van der Waals surface area contributed by atoms with Crippen LogP contribution >= 0.6 is 23.2 Å². The van der Waals surface area contributed by atoms with Crippen molar-refractivity contribution in [2.45, 2.75) is 25.2 Å². The van der Waals surface area contributed by atoms with Gasteiger partial charge in [-0.05, 0) is 24.6 Å². The fourth-order valence-electron chi connectivity index (χ4n) is 4.12. The third kappa shape index (κ3) is 4.81. The lowest BCUT2D eigenvalue weighted by atomic mass is 10.1. The molecule has 16 heteroatoms. The maximum absolute atomic E-state index is 12.9. The van der Waals surface area contributed by atoms with Gasteiger partial charge in [-0.25, -0.2) is 19.0 Å². The van der Waals surface area contributed by atoms with E-state index >= 15 is 0 Å². The Kier molecular flexibility index (Phi) is 6.23. The number of carbonyl (C=O) groups is 1. The van der Waals surface area contributed by atoms with Crippen molar-refractivity contribution in [1.82, 2.24) is 29.8 Å². The van der Waals surface area contributed by atoms with Crippen LogP contribution in [-0.4, -0.2) is 55.7 Å². The normalized spacial score (nSPS) is 16.0. The third-order valence-electron chi connectivity index (χ3n) is 5.82. The summed E-state index contributed by atoms with van der Waals surface area (Å²) in [4.78, 5) is 31.4. The molecular weight excluding hydrogens is 540 g/mol. The van der Waals surface area contributed by atoms with Crippen LogP contribution in [0.5, 0.6) is 0 Å². The van der Waals surface area contributed by atoms with Crippen molar-refractivity contribution >= 4 is 51.7 Å². The zero-order chi connectivity index (χ0) is 26.5. The highest BCUT2D eigenvalue weighted by Crippen LogP contribution is 2.35. The number of hydrogen-bond acceptors (Lipinski definition) is 8. The maximum atomic E-state index is 12.9. The highest BCUT2D eigenvalue weighted by Gasteiger charge is 2.31. The zero-order valence-corrected chi connectivity index (χ0v) is 20.2. The molecule has 5 rings (SSSR count). The van der Waals surface area contributed by atoms with Crippen molar-refractivity contribution < 1.29 is 22.5 Å².